The van der Waals surface area contributed by atoms with Gasteiger partial charge in [0.15, 0.2) is 0 Å². The van der Waals surface area contributed by atoms with Gasteiger partial charge in [-0.15, -0.1) is 0 Å². The molecule has 1 aromatic heterocycles. The van der Waals surface area contributed by atoms with E-state index in [1.165, 1.54) is 0 Å². The summed E-state index contributed by atoms with van der Waals surface area (Å²) in [7, 11) is 0. The molecule has 0 bridgehead atoms. The van der Waals surface area contributed by atoms with E-state index in [-0.39, 0.29) is 11.9 Å². The number of carbonyl (C=O) groups excluding carboxylic acids is 1. The van der Waals surface area contributed by atoms with Crippen molar-refractivity contribution in [3.63, 3.8) is 0 Å². The molecule has 5 nitrogen and oxygen atoms in total. The number of hydrogen-bond donors (Lipinski definition) is 2. The Balaban J connectivity index is 1.73. The zero-order valence-electron chi connectivity index (χ0n) is 10.2. The summed E-state index contributed by atoms with van der Waals surface area (Å²) in [6.07, 6.45) is 5.22. The number of amides is 1. The van der Waals surface area contributed by atoms with E-state index in [4.69, 9.17) is 0 Å². The fourth-order valence-corrected chi connectivity index (χ4v) is 2.11. The van der Waals surface area contributed by atoms with Crippen LogP contribution in [-0.2, 0) is 11.3 Å². The highest BCUT2D eigenvalue weighted by Crippen LogP contribution is 2.11. The van der Waals surface area contributed by atoms with Gasteiger partial charge in [0.05, 0.1) is 0 Å². The van der Waals surface area contributed by atoms with Crippen LogP contribution in [0.1, 0.15) is 19.8 Å². The van der Waals surface area contributed by atoms with Gasteiger partial charge in [0.2, 0.25) is 5.91 Å². The molecular weight excluding hydrogens is 216 g/mol. The first-order valence-corrected chi connectivity index (χ1v) is 6.23. The average molecular weight is 236 g/mol. The SMILES string of the molecule is CC1CCNCC1NC(=O)CCn1cccn1. The van der Waals surface area contributed by atoms with Gasteiger partial charge in [-0.2, -0.15) is 5.10 Å². The number of piperidine rings is 1. The Labute approximate surface area is 102 Å². The van der Waals surface area contributed by atoms with E-state index in [9.17, 15) is 4.79 Å². The molecule has 1 aromatic rings. The normalized spacial score (nSPS) is 24.5. The summed E-state index contributed by atoms with van der Waals surface area (Å²) in [6.45, 7) is 4.78. The quantitative estimate of drug-likeness (QED) is 0.795. The Bertz CT molecular complexity index is 349. The number of nitrogens with one attached hydrogen (secondary N) is 2. The van der Waals surface area contributed by atoms with Crippen molar-refractivity contribution in [1.29, 1.82) is 0 Å². The lowest BCUT2D eigenvalue weighted by molar-refractivity contribution is -0.122. The van der Waals surface area contributed by atoms with E-state index in [2.05, 4.69) is 22.7 Å². The molecule has 2 atom stereocenters. The van der Waals surface area contributed by atoms with Gasteiger partial charge in [-0.3, -0.25) is 9.48 Å². The summed E-state index contributed by atoms with van der Waals surface area (Å²) in [5.41, 5.74) is 0. The Morgan fingerprint density at radius 1 is 1.65 bits per heavy atom. The lowest BCUT2D eigenvalue weighted by Gasteiger charge is -2.30. The van der Waals surface area contributed by atoms with Crippen molar-refractivity contribution in [3.8, 4) is 0 Å². The molecule has 1 fully saturated rings. The number of aryl methyl sites for hydroxylation is 1. The average Bonchev–Trinajstić information content (AvgIpc) is 2.82. The van der Waals surface area contributed by atoms with Gasteiger partial charge in [-0.05, 0) is 24.9 Å². The number of rotatable bonds is 4. The Morgan fingerprint density at radius 2 is 2.53 bits per heavy atom. The summed E-state index contributed by atoms with van der Waals surface area (Å²) in [6, 6.07) is 2.14. The van der Waals surface area contributed by atoms with Gasteiger partial charge in [0.1, 0.15) is 0 Å². The van der Waals surface area contributed by atoms with Gasteiger partial charge in [0, 0.05) is 37.9 Å². The Kier molecular flexibility index (Phi) is 4.14. The first-order valence-electron chi connectivity index (χ1n) is 6.23. The van der Waals surface area contributed by atoms with E-state index < -0.39 is 0 Å². The predicted molar refractivity (Wildman–Crippen MR) is 65.4 cm³/mol. The largest absolute Gasteiger partial charge is 0.352 e. The molecule has 2 heterocycles. The topological polar surface area (TPSA) is 58.9 Å². The van der Waals surface area contributed by atoms with Crippen LogP contribution < -0.4 is 10.6 Å². The summed E-state index contributed by atoms with van der Waals surface area (Å²) < 4.78 is 1.78. The van der Waals surface area contributed by atoms with Gasteiger partial charge in [-0.25, -0.2) is 0 Å². The molecule has 0 saturated carbocycles. The van der Waals surface area contributed by atoms with Crippen LogP contribution in [0.15, 0.2) is 18.5 Å². The molecule has 0 radical (unpaired) electrons. The van der Waals surface area contributed by atoms with E-state index in [0.717, 1.165) is 19.5 Å². The molecule has 0 aromatic carbocycles. The summed E-state index contributed by atoms with van der Waals surface area (Å²) in [5.74, 6) is 0.672. The first kappa shape index (κ1) is 12.1. The second-order valence-electron chi connectivity index (χ2n) is 4.66. The molecule has 1 saturated heterocycles. The smallest absolute Gasteiger partial charge is 0.222 e. The third kappa shape index (κ3) is 3.56. The maximum atomic E-state index is 11.8. The number of hydrogen-bond acceptors (Lipinski definition) is 3. The van der Waals surface area contributed by atoms with Crippen LogP contribution in [0.2, 0.25) is 0 Å². The Morgan fingerprint density at radius 3 is 3.24 bits per heavy atom. The van der Waals surface area contributed by atoms with Crippen LogP contribution in [0.5, 0.6) is 0 Å². The first-order chi connectivity index (χ1) is 8.25. The highest BCUT2D eigenvalue weighted by Gasteiger charge is 2.22. The summed E-state index contributed by atoms with van der Waals surface area (Å²) >= 11 is 0. The number of aromatic nitrogens is 2. The van der Waals surface area contributed by atoms with Crippen molar-refractivity contribution in [2.24, 2.45) is 5.92 Å². The molecule has 1 amide bonds. The molecule has 94 valence electrons. The van der Waals surface area contributed by atoms with Gasteiger partial charge >= 0.3 is 0 Å². The highest BCUT2D eigenvalue weighted by molar-refractivity contribution is 5.76. The minimum Gasteiger partial charge on any atom is -0.352 e. The van der Waals surface area contributed by atoms with Crippen molar-refractivity contribution < 1.29 is 4.79 Å². The molecule has 0 spiro atoms. The molecule has 5 heteroatoms. The van der Waals surface area contributed by atoms with Crippen LogP contribution in [-0.4, -0.2) is 34.8 Å². The van der Waals surface area contributed by atoms with E-state index in [1.807, 2.05) is 12.3 Å². The second kappa shape index (κ2) is 5.82. The van der Waals surface area contributed by atoms with Crippen LogP contribution in [0.25, 0.3) is 0 Å². The molecule has 2 unspecified atom stereocenters. The molecular formula is C12H20N4O. The number of carbonyl (C=O) groups is 1. The third-order valence-corrected chi connectivity index (χ3v) is 3.30. The molecule has 0 aliphatic carbocycles. The van der Waals surface area contributed by atoms with Gasteiger partial charge < -0.3 is 10.6 Å². The standard InChI is InChI=1S/C12H20N4O/c1-10-3-6-13-9-11(10)15-12(17)4-8-16-7-2-5-14-16/h2,5,7,10-11,13H,3-4,6,8-9H2,1H3,(H,15,17). The highest BCUT2D eigenvalue weighted by atomic mass is 16.1. The minimum atomic E-state index is 0.112. The molecule has 17 heavy (non-hydrogen) atoms. The number of nitrogens with zero attached hydrogens (tertiary/aromatic N) is 2. The van der Waals surface area contributed by atoms with Gasteiger partial charge in [0.25, 0.3) is 0 Å². The monoisotopic (exact) mass is 236 g/mol. The molecule has 1 aliphatic rings. The fraction of sp³-hybridized carbons (Fsp3) is 0.667. The minimum absolute atomic E-state index is 0.112. The van der Waals surface area contributed by atoms with E-state index in [1.54, 1.807) is 10.9 Å². The van der Waals surface area contributed by atoms with E-state index >= 15 is 0 Å². The molecule has 1 aliphatic heterocycles. The van der Waals surface area contributed by atoms with Crippen LogP contribution in [0.4, 0.5) is 0 Å². The lowest BCUT2D eigenvalue weighted by atomic mass is 9.95. The maximum Gasteiger partial charge on any atom is 0.222 e. The summed E-state index contributed by atoms with van der Waals surface area (Å²) in [5, 5.41) is 10.5. The maximum absolute atomic E-state index is 11.8. The Hall–Kier alpha value is -1.36. The molecule has 2 rings (SSSR count). The van der Waals surface area contributed by atoms with Crippen LogP contribution in [0, 0.1) is 5.92 Å². The summed E-state index contributed by atoms with van der Waals surface area (Å²) in [4.78, 5) is 11.8. The fourth-order valence-electron chi connectivity index (χ4n) is 2.11. The predicted octanol–water partition coefficient (Wildman–Crippen LogP) is 0.387. The van der Waals surface area contributed by atoms with Crippen molar-refractivity contribution in [2.75, 3.05) is 13.1 Å². The molecule has 2 N–H and O–H groups in total. The van der Waals surface area contributed by atoms with Crippen LogP contribution >= 0.6 is 0 Å². The second-order valence-corrected chi connectivity index (χ2v) is 4.66. The van der Waals surface area contributed by atoms with Crippen LogP contribution in [0.3, 0.4) is 0 Å². The van der Waals surface area contributed by atoms with Crippen molar-refractivity contribution >= 4 is 5.91 Å². The van der Waals surface area contributed by atoms with Crippen molar-refractivity contribution in [3.05, 3.63) is 18.5 Å². The van der Waals surface area contributed by atoms with Crippen molar-refractivity contribution in [1.82, 2.24) is 20.4 Å². The van der Waals surface area contributed by atoms with Crippen molar-refractivity contribution in [2.45, 2.75) is 32.4 Å². The third-order valence-electron chi connectivity index (χ3n) is 3.30. The zero-order chi connectivity index (χ0) is 12.1. The van der Waals surface area contributed by atoms with Gasteiger partial charge in [-0.1, -0.05) is 6.92 Å². The zero-order valence-corrected chi connectivity index (χ0v) is 10.2. The lowest BCUT2D eigenvalue weighted by Crippen LogP contribution is -2.50. The van der Waals surface area contributed by atoms with E-state index in [0.29, 0.717) is 18.9 Å².